The Hall–Kier alpha value is -3.38. The summed E-state index contributed by atoms with van der Waals surface area (Å²) in [6.07, 6.45) is -3.24. The second kappa shape index (κ2) is 9.07. The molecular weight excluding hydrogens is 543 g/mol. The number of aromatic nitrogens is 2. The molecule has 0 aromatic carbocycles. The Balaban J connectivity index is 1.44. The fourth-order valence-electron chi connectivity index (χ4n) is 6.14. The molecule has 3 aliphatic rings. The summed E-state index contributed by atoms with van der Waals surface area (Å²) in [5.41, 5.74) is -0.307. The zero-order chi connectivity index (χ0) is 28.7. The Morgan fingerprint density at radius 2 is 1.90 bits per heavy atom. The minimum Gasteiger partial charge on any atom is -0.333 e. The summed E-state index contributed by atoms with van der Waals surface area (Å²) in [6.45, 7) is 8.86. The average Bonchev–Trinajstić information content (AvgIpc) is 3.13. The number of piperidine rings is 1. The molecule has 2 unspecified atom stereocenters. The highest BCUT2D eigenvalue weighted by molar-refractivity contribution is 7.19. The fourth-order valence-corrected chi connectivity index (χ4v) is 7.25. The number of rotatable bonds is 4. The molecule has 210 valence electrons. The number of carbonyl (C=O) groups is 3. The van der Waals surface area contributed by atoms with Gasteiger partial charge in [0.2, 0.25) is 11.8 Å². The number of hydrogen-bond donors (Lipinski definition) is 1. The van der Waals surface area contributed by atoms with Gasteiger partial charge in [0.1, 0.15) is 5.69 Å². The zero-order valence-corrected chi connectivity index (χ0v) is 23.2. The number of amides is 3. The number of thiophene rings is 1. The van der Waals surface area contributed by atoms with E-state index < -0.39 is 11.9 Å². The number of aryl methyl sites for hydroxylation is 1. The van der Waals surface area contributed by atoms with E-state index in [0.29, 0.717) is 40.3 Å². The van der Waals surface area contributed by atoms with Gasteiger partial charge in [0.05, 0.1) is 39.9 Å². The van der Waals surface area contributed by atoms with E-state index in [4.69, 9.17) is 0 Å². The van der Waals surface area contributed by atoms with Crippen LogP contribution in [0.25, 0.3) is 21.5 Å². The number of hydrogen-bond acceptors (Lipinski definition) is 7. The van der Waals surface area contributed by atoms with E-state index in [1.54, 1.807) is 17.0 Å². The summed E-state index contributed by atoms with van der Waals surface area (Å²) >= 11 is 1.24. The number of nitrogens with one attached hydrogen (secondary N) is 1. The van der Waals surface area contributed by atoms with Gasteiger partial charge in [-0.1, -0.05) is 13.8 Å². The fraction of sp³-hybridized carbons (Fsp3) is 0.464. The van der Waals surface area contributed by atoms with Crippen molar-refractivity contribution in [2.45, 2.75) is 46.5 Å². The van der Waals surface area contributed by atoms with Crippen LogP contribution in [-0.4, -0.2) is 63.2 Å². The maximum Gasteiger partial charge on any atom is 0.433 e. The summed E-state index contributed by atoms with van der Waals surface area (Å²) < 4.78 is 42.2. The van der Waals surface area contributed by atoms with Crippen molar-refractivity contribution in [3.8, 4) is 11.3 Å². The van der Waals surface area contributed by atoms with Crippen molar-refractivity contribution < 1.29 is 27.6 Å². The van der Waals surface area contributed by atoms with Crippen molar-refractivity contribution in [1.82, 2.24) is 25.1 Å². The Kier molecular flexibility index (Phi) is 6.08. The van der Waals surface area contributed by atoms with Crippen molar-refractivity contribution >= 4 is 39.3 Å². The molecule has 3 fully saturated rings. The molecule has 5 heterocycles. The molecule has 3 aromatic rings. The van der Waals surface area contributed by atoms with Gasteiger partial charge < -0.3 is 10.2 Å². The molecule has 0 bridgehead atoms. The third-order valence-electron chi connectivity index (χ3n) is 8.41. The number of likely N-dealkylation sites (tertiary alicyclic amines) is 1. The third kappa shape index (κ3) is 4.11. The number of fused-ring (bicyclic) bond motifs is 2. The summed E-state index contributed by atoms with van der Waals surface area (Å²) in [5.74, 6) is -1.38. The number of nitrogens with zero attached hydrogens (tertiary/aromatic N) is 4. The third-order valence-corrected chi connectivity index (χ3v) is 9.55. The van der Waals surface area contributed by atoms with Gasteiger partial charge in [-0.05, 0) is 43.0 Å². The molecule has 3 amide bonds. The van der Waals surface area contributed by atoms with Crippen LogP contribution in [0, 0.1) is 24.2 Å². The van der Waals surface area contributed by atoms with E-state index >= 15 is 0 Å². The van der Waals surface area contributed by atoms with Crippen LogP contribution in [0.1, 0.15) is 47.3 Å². The Morgan fingerprint density at radius 3 is 2.55 bits per heavy atom. The van der Waals surface area contributed by atoms with E-state index in [2.05, 4.69) is 15.3 Å². The van der Waals surface area contributed by atoms with Gasteiger partial charge in [-0.25, -0.2) is 4.98 Å². The zero-order valence-electron chi connectivity index (χ0n) is 22.4. The van der Waals surface area contributed by atoms with E-state index in [1.807, 2.05) is 20.8 Å². The number of halogens is 3. The molecule has 3 atom stereocenters. The molecule has 3 aromatic heterocycles. The predicted octanol–water partition coefficient (Wildman–Crippen LogP) is 4.26. The molecular formula is C28H28F3N5O3S. The van der Waals surface area contributed by atoms with Crippen LogP contribution >= 0.6 is 11.3 Å². The number of piperazine rings is 1. The smallest absolute Gasteiger partial charge is 0.333 e. The maximum atomic E-state index is 13.9. The molecule has 0 spiro atoms. The van der Waals surface area contributed by atoms with Crippen molar-refractivity contribution in [3.05, 3.63) is 46.1 Å². The lowest BCUT2D eigenvalue weighted by atomic mass is 9.98. The SMILES string of the molecule is Cc1cc(C(F)(F)F)nc(-c2ccnc3cc(CN4C(=O)C5C(C4=O)C5(C)C)sc23)c1C(=O)N1CCNC[C@@H]1C. The van der Waals surface area contributed by atoms with Gasteiger partial charge in [0, 0.05) is 42.3 Å². The normalized spacial score (nSPS) is 24.1. The average molecular weight is 572 g/mol. The van der Waals surface area contributed by atoms with Gasteiger partial charge in [0.25, 0.3) is 5.91 Å². The highest BCUT2D eigenvalue weighted by Gasteiger charge is 2.72. The molecule has 1 saturated carbocycles. The lowest BCUT2D eigenvalue weighted by Crippen LogP contribution is -2.52. The number of alkyl halides is 3. The number of pyridine rings is 2. The first-order valence-corrected chi connectivity index (χ1v) is 14.0. The van der Waals surface area contributed by atoms with Crippen molar-refractivity contribution in [3.63, 3.8) is 0 Å². The van der Waals surface area contributed by atoms with Gasteiger partial charge >= 0.3 is 6.18 Å². The van der Waals surface area contributed by atoms with Crippen molar-refractivity contribution in [2.75, 3.05) is 19.6 Å². The van der Waals surface area contributed by atoms with Crippen LogP contribution in [0.4, 0.5) is 13.2 Å². The maximum absolute atomic E-state index is 13.9. The summed E-state index contributed by atoms with van der Waals surface area (Å²) in [6, 6.07) is 4.07. The Bertz CT molecular complexity index is 1560. The van der Waals surface area contributed by atoms with Crippen LogP contribution in [-0.2, 0) is 22.3 Å². The highest BCUT2D eigenvalue weighted by atomic mass is 32.1. The Morgan fingerprint density at radius 1 is 1.20 bits per heavy atom. The van der Waals surface area contributed by atoms with Gasteiger partial charge in [-0.2, -0.15) is 13.2 Å². The molecule has 12 heteroatoms. The summed E-state index contributed by atoms with van der Waals surface area (Å²) in [7, 11) is 0. The van der Waals surface area contributed by atoms with E-state index in [9.17, 15) is 27.6 Å². The molecule has 40 heavy (non-hydrogen) atoms. The minimum absolute atomic E-state index is 0.0554. The van der Waals surface area contributed by atoms with Crippen LogP contribution in [0.15, 0.2) is 24.4 Å². The van der Waals surface area contributed by atoms with Crippen LogP contribution in [0.3, 0.4) is 0 Å². The minimum atomic E-state index is -4.71. The van der Waals surface area contributed by atoms with Gasteiger partial charge in [0.15, 0.2) is 0 Å². The van der Waals surface area contributed by atoms with Gasteiger partial charge in [-0.15, -0.1) is 11.3 Å². The van der Waals surface area contributed by atoms with Gasteiger partial charge in [-0.3, -0.25) is 24.3 Å². The molecule has 2 aliphatic heterocycles. The molecule has 8 nitrogen and oxygen atoms in total. The first-order valence-electron chi connectivity index (χ1n) is 13.1. The largest absolute Gasteiger partial charge is 0.433 e. The quantitative estimate of drug-likeness (QED) is 0.471. The second-order valence-electron chi connectivity index (χ2n) is 11.4. The molecule has 1 aliphatic carbocycles. The first kappa shape index (κ1) is 26.8. The second-order valence-corrected chi connectivity index (χ2v) is 12.6. The number of carbonyl (C=O) groups excluding carboxylic acids is 3. The topological polar surface area (TPSA) is 95.5 Å². The first-order chi connectivity index (χ1) is 18.8. The van der Waals surface area contributed by atoms with E-state index in [-0.39, 0.29) is 64.4 Å². The van der Waals surface area contributed by atoms with Crippen LogP contribution in [0.5, 0.6) is 0 Å². The van der Waals surface area contributed by atoms with E-state index in [0.717, 1.165) is 6.07 Å². The lowest BCUT2D eigenvalue weighted by Gasteiger charge is -2.34. The molecule has 2 saturated heterocycles. The van der Waals surface area contributed by atoms with Crippen molar-refractivity contribution in [1.29, 1.82) is 0 Å². The summed E-state index contributed by atoms with van der Waals surface area (Å²) in [5, 5.41) is 3.22. The lowest BCUT2D eigenvalue weighted by molar-refractivity contribution is -0.144. The molecule has 1 N–H and O–H groups in total. The predicted molar refractivity (Wildman–Crippen MR) is 142 cm³/mol. The van der Waals surface area contributed by atoms with Crippen LogP contribution < -0.4 is 5.32 Å². The Labute approximate surface area is 232 Å². The monoisotopic (exact) mass is 571 g/mol. The van der Waals surface area contributed by atoms with E-state index in [1.165, 1.54) is 29.4 Å². The number of imide groups is 1. The standard InChI is InChI=1S/C28H28F3N5O3S/c1-13-9-18(28(29,30)31)34-22(19(13)24(37)35-8-7-32-11-14(35)2)16-5-6-33-17-10-15(40-23(16)17)12-36-25(38)20-21(26(36)39)27(20,3)4/h5-6,9-10,14,20-21,32H,7-8,11-12H2,1-4H3/t14-,20?,21?/m0/s1. The van der Waals surface area contributed by atoms with Crippen molar-refractivity contribution in [2.24, 2.45) is 17.3 Å². The highest BCUT2D eigenvalue weighted by Crippen LogP contribution is 2.63. The van der Waals surface area contributed by atoms with Crippen LogP contribution in [0.2, 0.25) is 0 Å². The molecule has 6 rings (SSSR count). The summed E-state index contributed by atoms with van der Waals surface area (Å²) in [4.78, 5) is 51.5. The molecule has 0 radical (unpaired) electrons.